The van der Waals surface area contributed by atoms with E-state index in [0.29, 0.717) is 5.02 Å². The van der Waals surface area contributed by atoms with E-state index in [-0.39, 0.29) is 6.04 Å². The van der Waals surface area contributed by atoms with Crippen molar-refractivity contribution in [1.82, 2.24) is 20.2 Å². The fraction of sp³-hybridized carbons (Fsp3) is 0.273. The molecule has 0 spiro atoms. The molecule has 2 aromatic rings. The van der Waals surface area contributed by atoms with Crippen molar-refractivity contribution in [1.29, 1.82) is 0 Å². The number of hydrazine groups is 1. The molecule has 18 heavy (non-hydrogen) atoms. The highest BCUT2D eigenvalue weighted by Crippen LogP contribution is 2.27. The van der Waals surface area contributed by atoms with Crippen LogP contribution in [0.5, 0.6) is 0 Å². The average Bonchev–Trinajstić information content (AvgIpc) is 2.74. The Kier molecular flexibility index (Phi) is 4.34. The van der Waals surface area contributed by atoms with Crippen molar-refractivity contribution in [2.45, 2.75) is 19.5 Å². The molecule has 0 saturated carbocycles. The number of halogens is 2. The number of nitrogens with one attached hydrogen (secondary N) is 1. The second kappa shape index (κ2) is 5.79. The van der Waals surface area contributed by atoms with Crippen LogP contribution in [-0.2, 0) is 6.54 Å². The van der Waals surface area contributed by atoms with Crippen molar-refractivity contribution in [3.05, 3.63) is 45.4 Å². The normalized spacial score (nSPS) is 12.7. The average molecular weight is 331 g/mol. The second-order valence-corrected chi connectivity index (χ2v) is 4.99. The number of hydrogen-bond donors (Lipinski definition) is 2. The predicted molar refractivity (Wildman–Crippen MR) is 74.0 cm³/mol. The van der Waals surface area contributed by atoms with Gasteiger partial charge >= 0.3 is 0 Å². The van der Waals surface area contributed by atoms with Gasteiger partial charge in [0.1, 0.15) is 6.04 Å². The molecule has 0 bridgehead atoms. The third-order valence-corrected chi connectivity index (χ3v) is 3.45. The van der Waals surface area contributed by atoms with E-state index in [1.807, 2.05) is 17.7 Å². The van der Waals surface area contributed by atoms with E-state index in [2.05, 4.69) is 31.4 Å². The molecule has 1 atom stereocenters. The Morgan fingerprint density at radius 2 is 2.28 bits per heavy atom. The molecule has 0 amide bonds. The van der Waals surface area contributed by atoms with Crippen LogP contribution in [0.3, 0.4) is 0 Å². The summed E-state index contributed by atoms with van der Waals surface area (Å²) >= 11 is 9.31. The summed E-state index contributed by atoms with van der Waals surface area (Å²) in [6, 6.07) is 3.39. The van der Waals surface area contributed by atoms with Gasteiger partial charge in [-0.25, -0.2) is 5.43 Å². The Bertz CT molecular complexity index is 525. The minimum Gasteiger partial charge on any atom is -0.270 e. The standard InChI is InChI=1S/C11H13BrClN5/c1-2-18-11(8(12)6-16-18)10(17-14)9-4-3-7(13)5-15-9/h3-6,10,17H,2,14H2,1H3. The number of aromatic nitrogens is 3. The molecule has 0 aliphatic carbocycles. The first-order valence-corrected chi connectivity index (χ1v) is 6.63. The fourth-order valence-corrected chi connectivity index (χ4v) is 2.41. The number of hydrogen-bond acceptors (Lipinski definition) is 4. The van der Waals surface area contributed by atoms with Crippen molar-refractivity contribution in [3.63, 3.8) is 0 Å². The molecule has 0 aromatic carbocycles. The Hall–Kier alpha value is -0.950. The Labute approximate surface area is 118 Å². The maximum Gasteiger partial charge on any atom is 0.106 e. The summed E-state index contributed by atoms with van der Waals surface area (Å²) in [6.45, 7) is 2.78. The Morgan fingerprint density at radius 1 is 1.50 bits per heavy atom. The van der Waals surface area contributed by atoms with Crippen LogP contribution in [0.1, 0.15) is 24.4 Å². The number of rotatable bonds is 4. The zero-order valence-corrected chi connectivity index (χ0v) is 12.1. The van der Waals surface area contributed by atoms with E-state index in [9.17, 15) is 0 Å². The van der Waals surface area contributed by atoms with Crippen LogP contribution < -0.4 is 11.3 Å². The van der Waals surface area contributed by atoms with Crippen LogP contribution in [-0.4, -0.2) is 14.8 Å². The van der Waals surface area contributed by atoms with Gasteiger partial charge in [0.15, 0.2) is 0 Å². The highest BCUT2D eigenvalue weighted by atomic mass is 79.9. The van der Waals surface area contributed by atoms with Crippen molar-refractivity contribution >= 4 is 27.5 Å². The monoisotopic (exact) mass is 329 g/mol. The lowest BCUT2D eigenvalue weighted by molar-refractivity contribution is 0.534. The van der Waals surface area contributed by atoms with Gasteiger partial charge in [-0.05, 0) is 35.0 Å². The summed E-state index contributed by atoms with van der Waals surface area (Å²) < 4.78 is 2.76. The Morgan fingerprint density at radius 3 is 2.83 bits per heavy atom. The number of nitrogens with zero attached hydrogens (tertiary/aromatic N) is 3. The summed E-state index contributed by atoms with van der Waals surface area (Å²) in [5.41, 5.74) is 4.49. The highest BCUT2D eigenvalue weighted by Gasteiger charge is 2.21. The molecule has 0 aliphatic rings. The molecule has 3 N–H and O–H groups in total. The highest BCUT2D eigenvalue weighted by molar-refractivity contribution is 9.10. The lowest BCUT2D eigenvalue weighted by Gasteiger charge is -2.17. The molecular formula is C11H13BrClN5. The quantitative estimate of drug-likeness (QED) is 0.666. The minimum atomic E-state index is -0.237. The summed E-state index contributed by atoms with van der Waals surface area (Å²) in [6.07, 6.45) is 3.35. The maximum absolute atomic E-state index is 5.83. The molecule has 2 rings (SSSR count). The van der Waals surface area contributed by atoms with Crippen LogP contribution in [0.4, 0.5) is 0 Å². The van der Waals surface area contributed by atoms with E-state index >= 15 is 0 Å². The van der Waals surface area contributed by atoms with E-state index in [1.54, 1.807) is 18.5 Å². The van der Waals surface area contributed by atoms with Crippen LogP contribution in [0.15, 0.2) is 29.0 Å². The van der Waals surface area contributed by atoms with Gasteiger partial charge in [0.2, 0.25) is 0 Å². The van der Waals surface area contributed by atoms with Gasteiger partial charge in [0.25, 0.3) is 0 Å². The predicted octanol–water partition coefficient (Wildman–Crippen LogP) is 2.27. The van der Waals surface area contributed by atoms with Gasteiger partial charge in [-0.2, -0.15) is 5.10 Å². The summed E-state index contributed by atoms with van der Waals surface area (Å²) in [5, 5.41) is 4.86. The van der Waals surface area contributed by atoms with Gasteiger partial charge in [-0.1, -0.05) is 11.6 Å². The summed E-state index contributed by atoms with van der Waals surface area (Å²) in [7, 11) is 0. The fourth-order valence-electron chi connectivity index (χ4n) is 1.77. The molecule has 0 saturated heterocycles. The summed E-state index contributed by atoms with van der Waals surface area (Å²) in [5.74, 6) is 5.64. The number of aryl methyl sites for hydroxylation is 1. The number of pyridine rings is 1. The Balaban J connectivity index is 2.44. The van der Waals surface area contributed by atoms with Gasteiger partial charge < -0.3 is 0 Å². The first-order chi connectivity index (χ1) is 8.67. The minimum absolute atomic E-state index is 0.237. The third-order valence-electron chi connectivity index (χ3n) is 2.62. The smallest absolute Gasteiger partial charge is 0.106 e. The van der Waals surface area contributed by atoms with Gasteiger partial charge in [0.05, 0.1) is 27.1 Å². The lowest BCUT2D eigenvalue weighted by Crippen LogP contribution is -2.31. The maximum atomic E-state index is 5.83. The molecule has 96 valence electrons. The largest absolute Gasteiger partial charge is 0.270 e. The van der Waals surface area contributed by atoms with E-state index in [4.69, 9.17) is 17.4 Å². The van der Waals surface area contributed by atoms with Crippen molar-refractivity contribution in [2.75, 3.05) is 0 Å². The van der Waals surface area contributed by atoms with E-state index in [0.717, 1.165) is 22.4 Å². The SMILES string of the molecule is CCn1ncc(Br)c1C(NN)c1ccc(Cl)cn1. The summed E-state index contributed by atoms with van der Waals surface area (Å²) in [4.78, 5) is 4.29. The van der Waals surface area contributed by atoms with E-state index in [1.165, 1.54) is 0 Å². The second-order valence-electron chi connectivity index (χ2n) is 3.69. The van der Waals surface area contributed by atoms with Crippen LogP contribution >= 0.6 is 27.5 Å². The molecule has 1 unspecified atom stereocenters. The van der Waals surface area contributed by atoms with Crippen LogP contribution in [0.25, 0.3) is 0 Å². The number of nitrogens with two attached hydrogens (primary N) is 1. The zero-order chi connectivity index (χ0) is 13.1. The first kappa shape index (κ1) is 13.5. The van der Waals surface area contributed by atoms with Crippen molar-refractivity contribution in [2.24, 2.45) is 5.84 Å². The zero-order valence-electron chi connectivity index (χ0n) is 9.77. The van der Waals surface area contributed by atoms with Gasteiger partial charge in [-0.15, -0.1) is 0 Å². The molecule has 0 aliphatic heterocycles. The first-order valence-electron chi connectivity index (χ1n) is 5.46. The van der Waals surface area contributed by atoms with Crippen LogP contribution in [0.2, 0.25) is 5.02 Å². The van der Waals surface area contributed by atoms with Crippen molar-refractivity contribution in [3.8, 4) is 0 Å². The molecule has 5 nitrogen and oxygen atoms in total. The van der Waals surface area contributed by atoms with Crippen molar-refractivity contribution < 1.29 is 0 Å². The van der Waals surface area contributed by atoms with E-state index < -0.39 is 0 Å². The molecule has 2 heterocycles. The van der Waals surface area contributed by atoms with Gasteiger partial charge in [-0.3, -0.25) is 15.5 Å². The topological polar surface area (TPSA) is 68.8 Å². The van der Waals surface area contributed by atoms with Gasteiger partial charge in [0, 0.05) is 12.7 Å². The molecule has 0 fully saturated rings. The molecular weight excluding hydrogens is 318 g/mol. The molecule has 2 aromatic heterocycles. The van der Waals surface area contributed by atoms with Crippen LogP contribution in [0, 0.1) is 0 Å². The molecule has 7 heteroatoms. The lowest BCUT2D eigenvalue weighted by atomic mass is 10.1. The molecule has 0 radical (unpaired) electrons. The third kappa shape index (κ3) is 2.56.